The second kappa shape index (κ2) is 16.5. The Morgan fingerprint density at radius 2 is 1.02 bits per heavy atom. The van der Waals surface area contributed by atoms with Crippen molar-refractivity contribution in [2.75, 3.05) is 13.1 Å². The molecule has 0 aromatic carbocycles. The molecule has 7 nitrogen and oxygen atoms in total. The molecular formula is C51H86N2O5. The quantitative estimate of drug-likeness (QED) is 0.134. The van der Waals surface area contributed by atoms with Crippen LogP contribution >= 0.6 is 0 Å². The van der Waals surface area contributed by atoms with Crippen molar-refractivity contribution in [2.45, 2.75) is 195 Å². The molecule has 8 aliphatic rings. The van der Waals surface area contributed by atoms with Crippen LogP contribution in [0.1, 0.15) is 177 Å². The van der Waals surface area contributed by atoms with E-state index in [9.17, 15) is 24.9 Å². The van der Waals surface area contributed by atoms with E-state index in [-0.39, 0.29) is 46.4 Å². The maximum Gasteiger partial charge on any atom is 0.220 e. The lowest BCUT2D eigenvalue weighted by Crippen LogP contribution is -2.58. The number of aliphatic hydroxyl groups is 3. The van der Waals surface area contributed by atoms with E-state index in [1.54, 1.807) is 0 Å². The summed E-state index contributed by atoms with van der Waals surface area (Å²) in [5, 5.41) is 40.5. The van der Waals surface area contributed by atoms with E-state index in [4.69, 9.17) is 0 Å². The third kappa shape index (κ3) is 7.27. The summed E-state index contributed by atoms with van der Waals surface area (Å²) in [6.45, 7) is 17.9. The third-order valence-electron chi connectivity index (χ3n) is 21.7. The van der Waals surface area contributed by atoms with Gasteiger partial charge in [0, 0.05) is 25.9 Å². The summed E-state index contributed by atoms with van der Waals surface area (Å²) in [5.74, 6) is 7.89. The number of hydrogen-bond donors (Lipinski definition) is 5. The highest BCUT2D eigenvalue weighted by atomic mass is 16.3. The normalized spacial score (nSPS) is 50.5. The summed E-state index contributed by atoms with van der Waals surface area (Å²) in [6, 6.07) is 0. The van der Waals surface area contributed by atoms with Gasteiger partial charge in [-0.15, -0.1) is 0 Å². The zero-order valence-corrected chi connectivity index (χ0v) is 38.0. The van der Waals surface area contributed by atoms with E-state index >= 15 is 0 Å². The Bertz CT molecular complexity index is 1380. The number of carbonyl (C=O) groups excluding carboxylic acids is 2. The molecule has 0 radical (unpaired) electrons. The van der Waals surface area contributed by atoms with Crippen LogP contribution in [-0.2, 0) is 9.59 Å². The molecule has 0 aromatic heterocycles. The van der Waals surface area contributed by atoms with Gasteiger partial charge in [-0.25, -0.2) is 0 Å². The molecule has 8 rings (SSSR count). The number of amides is 2. The molecule has 330 valence electrons. The maximum atomic E-state index is 13.0. The van der Waals surface area contributed by atoms with Gasteiger partial charge in [-0.2, -0.15) is 0 Å². The van der Waals surface area contributed by atoms with E-state index in [2.05, 4.69) is 59.1 Å². The summed E-state index contributed by atoms with van der Waals surface area (Å²) >= 11 is 0. The van der Waals surface area contributed by atoms with E-state index < -0.39 is 0 Å². The summed E-state index contributed by atoms with van der Waals surface area (Å²) in [6.07, 6.45) is 20.9. The van der Waals surface area contributed by atoms with Crippen LogP contribution in [0.15, 0.2) is 0 Å². The minimum atomic E-state index is -0.296. The number of nitrogens with one attached hydrogen (secondary N) is 2. The summed E-state index contributed by atoms with van der Waals surface area (Å²) in [5.41, 5.74) is 0.522. The monoisotopic (exact) mass is 807 g/mol. The first-order chi connectivity index (χ1) is 27.5. The molecule has 8 unspecified atom stereocenters. The Morgan fingerprint density at radius 1 is 0.569 bits per heavy atom. The number of carbonyl (C=O) groups is 2. The minimum absolute atomic E-state index is 0.0426. The molecule has 8 saturated carbocycles. The maximum absolute atomic E-state index is 13.0. The molecule has 58 heavy (non-hydrogen) atoms. The Kier molecular flexibility index (Phi) is 12.4. The van der Waals surface area contributed by atoms with Crippen LogP contribution in [0, 0.1) is 98.6 Å². The molecule has 0 aliphatic heterocycles. The average molecular weight is 807 g/mol. The number of hydrogen-bond acceptors (Lipinski definition) is 5. The van der Waals surface area contributed by atoms with Crippen LogP contribution in [0.2, 0.25) is 0 Å². The van der Waals surface area contributed by atoms with Crippen molar-refractivity contribution >= 4 is 11.8 Å². The smallest absolute Gasteiger partial charge is 0.220 e. The van der Waals surface area contributed by atoms with E-state index in [0.717, 1.165) is 69.1 Å². The molecule has 7 heteroatoms. The first-order valence-corrected chi connectivity index (χ1v) is 25.1. The molecule has 0 bridgehead atoms. The highest BCUT2D eigenvalue weighted by Crippen LogP contribution is 2.70. The van der Waals surface area contributed by atoms with Gasteiger partial charge in [0.2, 0.25) is 11.8 Å². The van der Waals surface area contributed by atoms with Crippen LogP contribution in [0.3, 0.4) is 0 Å². The van der Waals surface area contributed by atoms with Gasteiger partial charge in [0.15, 0.2) is 0 Å². The lowest BCUT2D eigenvalue weighted by Gasteiger charge is -2.62. The molecule has 8 fully saturated rings. The second-order valence-electron chi connectivity index (χ2n) is 24.0. The first kappa shape index (κ1) is 43.5. The van der Waals surface area contributed by atoms with Gasteiger partial charge in [-0.05, 0) is 208 Å². The molecule has 0 saturated heterocycles. The molecule has 0 spiro atoms. The SMILES string of the molecule is C[C@@H]1CC[C@@]2(C)C(CCC3C2C[C@H](O)[C@@]2(C)C3CC[C@@H]2[C@H](C)CCC(=O)NCCNC(=O)CC[C@@H](C)[C@H]2CCC3C4CCC5C[C@H](O)CC[C@]5(C)C4C[C@H](O)[C@@]32C)C1. The lowest BCUT2D eigenvalue weighted by molar-refractivity contribution is -0.174. The van der Waals surface area contributed by atoms with E-state index in [1.807, 2.05) is 0 Å². The fraction of sp³-hybridized carbons (Fsp3) is 0.961. The highest BCUT2D eigenvalue weighted by Gasteiger charge is 2.65. The van der Waals surface area contributed by atoms with Crippen LogP contribution in [-0.4, -0.2) is 58.5 Å². The highest BCUT2D eigenvalue weighted by molar-refractivity contribution is 5.77. The molecule has 8 aliphatic carbocycles. The zero-order valence-electron chi connectivity index (χ0n) is 38.0. The molecule has 5 N–H and O–H groups in total. The van der Waals surface area contributed by atoms with Gasteiger partial charge in [0.05, 0.1) is 18.3 Å². The fourth-order valence-corrected chi connectivity index (χ4v) is 18.3. The molecule has 2 amide bonds. The minimum Gasteiger partial charge on any atom is -0.393 e. The summed E-state index contributed by atoms with van der Waals surface area (Å²) in [7, 11) is 0. The summed E-state index contributed by atoms with van der Waals surface area (Å²) < 4.78 is 0. The Balaban J connectivity index is 0.751. The van der Waals surface area contributed by atoms with Gasteiger partial charge in [-0.1, -0.05) is 54.9 Å². The van der Waals surface area contributed by atoms with Crippen molar-refractivity contribution in [3.05, 3.63) is 0 Å². The topological polar surface area (TPSA) is 119 Å². The predicted octanol–water partition coefficient (Wildman–Crippen LogP) is 9.31. The van der Waals surface area contributed by atoms with Crippen LogP contribution in [0.25, 0.3) is 0 Å². The van der Waals surface area contributed by atoms with Crippen LogP contribution in [0.4, 0.5) is 0 Å². The number of fused-ring (bicyclic) bond motifs is 10. The third-order valence-corrected chi connectivity index (χ3v) is 21.7. The molecule has 20 atom stereocenters. The fourth-order valence-electron chi connectivity index (χ4n) is 18.3. The number of rotatable bonds is 11. The van der Waals surface area contributed by atoms with Crippen LogP contribution in [0.5, 0.6) is 0 Å². The zero-order chi connectivity index (χ0) is 41.4. The van der Waals surface area contributed by atoms with Gasteiger partial charge in [0.25, 0.3) is 0 Å². The van der Waals surface area contributed by atoms with E-state index in [0.29, 0.717) is 90.5 Å². The van der Waals surface area contributed by atoms with Crippen molar-refractivity contribution in [1.29, 1.82) is 0 Å². The van der Waals surface area contributed by atoms with Crippen molar-refractivity contribution < 1.29 is 24.9 Å². The lowest BCUT2D eigenvalue weighted by atomic mass is 9.43. The predicted molar refractivity (Wildman–Crippen MR) is 231 cm³/mol. The molecule has 0 aromatic rings. The van der Waals surface area contributed by atoms with Gasteiger partial charge in [-0.3, -0.25) is 9.59 Å². The standard InChI is InChI=1S/C51H86N2O5/c1-30-20-22-48(4)33(26-30)10-12-36-40-16-14-38(50(40,6)44(55)28-42(36)48)31(2)8-18-46(57)52-24-25-53-47(58)19-9-32(3)39-15-17-41-37-13-11-34-27-35(54)21-23-49(34,5)43(37)29-45(56)51(39,41)7/h30-45,54-56H,8-29H2,1-7H3,(H,52,57)(H,53,58)/t30-,31-,32-,33?,34?,35-,36?,37?,38-,39-,40?,41?,42?,43?,44+,45+,48+,49+,50-,51-/m1/s1. The van der Waals surface area contributed by atoms with Crippen molar-refractivity contribution in [1.82, 2.24) is 10.6 Å². The van der Waals surface area contributed by atoms with Crippen molar-refractivity contribution in [2.24, 2.45) is 98.6 Å². The summed E-state index contributed by atoms with van der Waals surface area (Å²) in [4.78, 5) is 26.1. The Labute approximate surface area is 353 Å². The first-order valence-electron chi connectivity index (χ1n) is 25.1. The van der Waals surface area contributed by atoms with Gasteiger partial charge in [0.1, 0.15) is 0 Å². The Hall–Kier alpha value is -1.18. The molecule has 0 heterocycles. The van der Waals surface area contributed by atoms with Crippen LogP contribution < -0.4 is 10.6 Å². The van der Waals surface area contributed by atoms with Crippen molar-refractivity contribution in [3.8, 4) is 0 Å². The van der Waals surface area contributed by atoms with Gasteiger partial charge < -0.3 is 26.0 Å². The second-order valence-corrected chi connectivity index (χ2v) is 24.0. The molecular weight excluding hydrogens is 721 g/mol. The van der Waals surface area contributed by atoms with E-state index in [1.165, 1.54) is 64.2 Å². The van der Waals surface area contributed by atoms with Crippen molar-refractivity contribution in [3.63, 3.8) is 0 Å². The Morgan fingerprint density at radius 3 is 1.50 bits per heavy atom. The number of aliphatic hydroxyl groups excluding tert-OH is 3. The van der Waals surface area contributed by atoms with Gasteiger partial charge >= 0.3 is 0 Å². The average Bonchev–Trinajstić information content (AvgIpc) is 3.75. The largest absolute Gasteiger partial charge is 0.393 e.